The fourth-order valence-electron chi connectivity index (χ4n) is 1.75. The molecule has 0 atom stereocenters. The Labute approximate surface area is 132 Å². The number of nitrogens with one attached hydrogen (secondary N) is 1. The number of hydrogen-bond donors (Lipinski definition) is 2. The molecule has 0 spiro atoms. The van der Waals surface area contributed by atoms with Crippen LogP contribution in [0.15, 0.2) is 47.4 Å². The number of carboxylic acid groups (broad SMARTS) is 1. The monoisotopic (exact) mass is 341 g/mol. The van der Waals surface area contributed by atoms with Gasteiger partial charge in [-0.1, -0.05) is 11.6 Å². The molecule has 0 saturated heterocycles. The van der Waals surface area contributed by atoms with Gasteiger partial charge in [0, 0.05) is 5.02 Å². The smallest absolute Gasteiger partial charge is 0.337 e. The minimum Gasteiger partial charge on any atom is -0.497 e. The first-order valence-corrected chi connectivity index (χ1v) is 7.89. The van der Waals surface area contributed by atoms with Crippen LogP contribution >= 0.6 is 11.6 Å². The molecular weight excluding hydrogens is 330 g/mol. The number of rotatable bonds is 5. The topological polar surface area (TPSA) is 92.7 Å². The number of methoxy groups -OCH3 is 1. The van der Waals surface area contributed by atoms with E-state index in [0.717, 1.165) is 0 Å². The molecule has 6 nitrogen and oxygen atoms in total. The van der Waals surface area contributed by atoms with Gasteiger partial charge in [-0.2, -0.15) is 0 Å². The molecule has 0 radical (unpaired) electrons. The van der Waals surface area contributed by atoms with Crippen LogP contribution in [0.5, 0.6) is 5.75 Å². The second-order valence-corrected chi connectivity index (χ2v) is 6.39. The molecule has 0 saturated carbocycles. The molecule has 0 bridgehead atoms. The summed E-state index contributed by atoms with van der Waals surface area (Å²) in [4.78, 5) is 11.1. The molecule has 2 aromatic rings. The van der Waals surface area contributed by atoms with Crippen LogP contribution in [0.25, 0.3) is 0 Å². The molecule has 2 aromatic carbocycles. The normalized spacial score (nSPS) is 11.0. The Morgan fingerprint density at radius 2 is 1.82 bits per heavy atom. The lowest BCUT2D eigenvalue weighted by Crippen LogP contribution is -2.15. The number of halogens is 1. The van der Waals surface area contributed by atoms with E-state index in [-0.39, 0.29) is 21.2 Å². The van der Waals surface area contributed by atoms with Gasteiger partial charge < -0.3 is 9.84 Å². The largest absolute Gasteiger partial charge is 0.497 e. The molecule has 0 amide bonds. The second-order valence-electron chi connectivity index (χ2n) is 4.28. The molecule has 116 valence electrons. The summed E-state index contributed by atoms with van der Waals surface area (Å²) >= 11 is 5.79. The Balaban J connectivity index is 2.40. The zero-order valence-electron chi connectivity index (χ0n) is 11.4. The van der Waals surface area contributed by atoms with Gasteiger partial charge in [0.2, 0.25) is 0 Å². The van der Waals surface area contributed by atoms with E-state index in [0.29, 0.717) is 5.75 Å². The van der Waals surface area contributed by atoms with Crippen LogP contribution in [-0.4, -0.2) is 26.6 Å². The van der Waals surface area contributed by atoms with E-state index in [9.17, 15) is 13.2 Å². The lowest BCUT2D eigenvalue weighted by molar-refractivity contribution is 0.0698. The molecule has 0 aliphatic rings. The van der Waals surface area contributed by atoms with Crippen molar-refractivity contribution >= 4 is 33.3 Å². The Morgan fingerprint density at radius 3 is 2.36 bits per heavy atom. The summed E-state index contributed by atoms with van der Waals surface area (Å²) in [6.45, 7) is 0. The minimum atomic E-state index is -3.94. The number of hydrogen-bond acceptors (Lipinski definition) is 4. The van der Waals surface area contributed by atoms with Crippen molar-refractivity contribution in [3.63, 3.8) is 0 Å². The van der Waals surface area contributed by atoms with Gasteiger partial charge in [-0.25, -0.2) is 13.2 Å². The van der Waals surface area contributed by atoms with E-state index in [1.54, 1.807) is 0 Å². The maximum atomic E-state index is 12.3. The average Bonchev–Trinajstić information content (AvgIpc) is 2.46. The van der Waals surface area contributed by atoms with E-state index in [4.69, 9.17) is 21.4 Å². The van der Waals surface area contributed by atoms with Crippen LogP contribution in [-0.2, 0) is 10.0 Å². The zero-order valence-corrected chi connectivity index (χ0v) is 13.0. The van der Waals surface area contributed by atoms with Crippen LogP contribution in [0.1, 0.15) is 10.4 Å². The highest BCUT2D eigenvalue weighted by Gasteiger charge is 2.19. The summed E-state index contributed by atoms with van der Waals surface area (Å²) in [6, 6.07) is 9.53. The summed E-state index contributed by atoms with van der Waals surface area (Å²) in [7, 11) is -2.47. The van der Waals surface area contributed by atoms with Gasteiger partial charge >= 0.3 is 5.97 Å². The molecule has 0 unspecified atom stereocenters. The Hall–Kier alpha value is -2.25. The third-order valence-corrected chi connectivity index (χ3v) is 4.44. The first-order valence-electron chi connectivity index (χ1n) is 6.03. The quantitative estimate of drug-likeness (QED) is 0.872. The molecule has 0 heterocycles. The van der Waals surface area contributed by atoms with Gasteiger partial charge in [-0.05, 0) is 42.5 Å². The van der Waals surface area contributed by atoms with Crippen molar-refractivity contribution < 1.29 is 23.1 Å². The molecule has 2 rings (SSSR count). The SMILES string of the molecule is COc1ccc(S(=O)(=O)Nc2cc(Cl)ccc2C(=O)O)cc1. The van der Waals surface area contributed by atoms with Crippen molar-refractivity contribution in [2.45, 2.75) is 4.90 Å². The molecule has 22 heavy (non-hydrogen) atoms. The Kier molecular flexibility index (Phi) is 4.58. The first-order chi connectivity index (χ1) is 10.3. The van der Waals surface area contributed by atoms with Crippen molar-refractivity contribution in [2.24, 2.45) is 0 Å². The van der Waals surface area contributed by atoms with E-state index < -0.39 is 16.0 Å². The number of carboxylic acids is 1. The predicted molar refractivity (Wildman–Crippen MR) is 82.2 cm³/mol. The summed E-state index contributed by atoms with van der Waals surface area (Å²) in [5.41, 5.74) is -0.294. The van der Waals surface area contributed by atoms with E-state index in [2.05, 4.69) is 4.72 Å². The van der Waals surface area contributed by atoms with Gasteiger partial charge in [0.1, 0.15) is 5.75 Å². The van der Waals surface area contributed by atoms with Gasteiger partial charge in [-0.3, -0.25) is 4.72 Å². The number of benzene rings is 2. The minimum absolute atomic E-state index is 0.0235. The first kappa shape index (κ1) is 16.1. The molecular formula is C14H12ClNO5S. The highest BCUT2D eigenvalue weighted by molar-refractivity contribution is 7.92. The highest BCUT2D eigenvalue weighted by Crippen LogP contribution is 2.25. The Morgan fingerprint density at radius 1 is 1.18 bits per heavy atom. The maximum Gasteiger partial charge on any atom is 0.337 e. The number of aromatic carboxylic acids is 1. The van der Waals surface area contributed by atoms with Crippen molar-refractivity contribution in [1.29, 1.82) is 0 Å². The third kappa shape index (κ3) is 3.49. The van der Waals surface area contributed by atoms with Gasteiger partial charge in [0.25, 0.3) is 10.0 Å². The van der Waals surface area contributed by atoms with Crippen molar-refractivity contribution in [3.8, 4) is 5.75 Å². The lowest BCUT2D eigenvalue weighted by atomic mass is 10.2. The van der Waals surface area contributed by atoms with Crippen molar-refractivity contribution in [1.82, 2.24) is 0 Å². The number of anilines is 1. The summed E-state index contributed by atoms with van der Waals surface area (Å²) in [6.07, 6.45) is 0. The van der Waals surface area contributed by atoms with Crippen molar-refractivity contribution in [3.05, 3.63) is 53.1 Å². The van der Waals surface area contributed by atoms with E-state index >= 15 is 0 Å². The molecule has 0 aromatic heterocycles. The van der Waals surface area contributed by atoms with Gasteiger partial charge in [0.05, 0.1) is 23.3 Å². The highest BCUT2D eigenvalue weighted by atomic mass is 35.5. The fourth-order valence-corrected chi connectivity index (χ4v) is 2.99. The summed E-state index contributed by atoms with van der Waals surface area (Å²) in [5.74, 6) is -0.753. The molecule has 0 aliphatic carbocycles. The zero-order chi connectivity index (χ0) is 16.3. The van der Waals surface area contributed by atoms with Gasteiger partial charge in [-0.15, -0.1) is 0 Å². The number of ether oxygens (including phenoxy) is 1. The molecule has 0 aliphatic heterocycles. The van der Waals surface area contributed by atoms with E-state index in [1.165, 1.54) is 49.6 Å². The Bertz CT molecular complexity index is 802. The third-order valence-electron chi connectivity index (χ3n) is 2.83. The molecule has 2 N–H and O–H groups in total. The standard InChI is InChI=1S/C14H12ClNO5S/c1-21-10-3-5-11(6-4-10)22(19,20)16-13-8-9(15)2-7-12(13)14(17)18/h2-8,16H,1H3,(H,17,18). The second kappa shape index (κ2) is 6.25. The average molecular weight is 342 g/mol. The van der Waals surface area contributed by atoms with E-state index in [1.807, 2.05) is 0 Å². The summed E-state index contributed by atoms with van der Waals surface area (Å²) in [5, 5.41) is 9.32. The fraction of sp³-hybridized carbons (Fsp3) is 0.0714. The maximum absolute atomic E-state index is 12.3. The lowest BCUT2D eigenvalue weighted by Gasteiger charge is -2.11. The van der Waals surface area contributed by atoms with Gasteiger partial charge in [0.15, 0.2) is 0 Å². The predicted octanol–water partition coefficient (Wildman–Crippen LogP) is 2.85. The molecule has 0 fully saturated rings. The van der Waals surface area contributed by atoms with Crippen LogP contribution in [0, 0.1) is 0 Å². The van der Waals surface area contributed by atoms with Crippen LogP contribution in [0.4, 0.5) is 5.69 Å². The molecule has 8 heteroatoms. The van der Waals surface area contributed by atoms with Crippen LogP contribution in [0.2, 0.25) is 5.02 Å². The summed E-state index contributed by atoms with van der Waals surface area (Å²) < 4.78 is 31.8. The van der Waals surface area contributed by atoms with Crippen LogP contribution in [0.3, 0.4) is 0 Å². The van der Waals surface area contributed by atoms with Crippen molar-refractivity contribution in [2.75, 3.05) is 11.8 Å². The number of carbonyl (C=O) groups is 1. The number of sulfonamides is 1. The van der Waals surface area contributed by atoms with Crippen LogP contribution < -0.4 is 9.46 Å².